The molecule has 3 rings (SSSR count). The van der Waals surface area contributed by atoms with E-state index in [2.05, 4.69) is 11.4 Å². The monoisotopic (exact) mass is 248 g/mol. The lowest BCUT2D eigenvalue weighted by molar-refractivity contribution is -0.00194. The van der Waals surface area contributed by atoms with Crippen LogP contribution in [0.5, 0.6) is 0 Å². The lowest BCUT2D eigenvalue weighted by atomic mass is 9.94. The molecule has 1 atom stereocenters. The number of rotatable bonds is 6. The molecule has 100 valence electrons. The summed E-state index contributed by atoms with van der Waals surface area (Å²) in [6.45, 7) is 0.606. The molecule has 0 aliphatic heterocycles. The highest BCUT2D eigenvalue weighted by atomic mass is 16.5. The Morgan fingerprint density at radius 2 is 1.78 bits per heavy atom. The van der Waals surface area contributed by atoms with Gasteiger partial charge in [0.2, 0.25) is 0 Å². The Hall–Kier alpha value is -0.590. The zero-order valence-corrected chi connectivity index (χ0v) is 11.2. The molecule has 3 aliphatic carbocycles. The third-order valence-corrected chi connectivity index (χ3v) is 4.61. The van der Waals surface area contributed by atoms with E-state index in [1.807, 2.05) is 0 Å². The maximum Gasteiger partial charge on any atom is 0.133 e. The van der Waals surface area contributed by atoms with Crippen molar-refractivity contribution in [2.45, 2.75) is 75.5 Å². The summed E-state index contributed by atoms with van der Waals surface area (Å²) in [4.78, 5) is 0. The van der Waals surface area contributed by atoms with Gasteiger partial charge >= 0.3 is 0 Å². The highest BCUT2D eigenvalue weighted by Crippen LogP contribution is 2.42. The molecule has 3 saturated carbocycles. The van der Waals surface area contributed by atoms with Crippen LogP contribution < -0.4 is 5.32 Å². The zero-order valence-electron chi connectivity index (χ0n) is 11.2. The summed E-state index contributed by atoms with van der Waals surface area (Å²) in [6.07, 6.45) is 11.6. The first kappa shape index (κ1) is 12.4. The quantitative estimate of drug-likeness (QED) is 0.786. The summed E-state index contributed by atoms with van der Waals surface area (Å²) >= 11 is 0. The fourth-order valence-electron chi connectivity index (χ4n) is 3.08. The van der Waals surface area contributed by atoms with Crippen LogP contribution in [0.4, 0.5) is 0 Å². The van der Waals surface area contributed by atoms with Crippen LogP contribution in [0.1, 0.15) is 57.8 Å². The van der Waals surface area contributed by atoms with Crippen molar-refractivity contribution in [3.05, 3.63) is 0 Å². The number of hydrogen-bond acceptors (Lipinski definition) is 3. The first-order chi connectivity index (χ1) is 8.82. The summed E-state index contributed by atoms with van der Waals surface area (Å²) in [6, 6.07) is 3.14. The summed E-state index contributed by atoms with van der Waals surface area (Å²) in [5, 5.41) is 13.2. The average molecular weight is 248 g/mol. The number of nitrogens with one attached hydrogen (secondary N) is 1. The standard InChI is InChI=1S/C15H24N2O/c16-10-15(12-6-7-12,17-13-8-9-13)11-18-14-4-2-1-3-5-14/h12-14,17H,1-9,11H2. The number of hydrogen-bond donors (Lipinski definition) is 1. The largest absolute Gasteiger partial charge is 0.375 e. The Kier molecular flexibility index (Phi) is 3.59. The first-order valence-electron chi connectivity index (χ1n) is 7.63. The predicted octanol–water partition coefficient (Wildman–Crippen LogP) is 2.76. The van der Waals surface area contributed by atoms with Crippen molar-refractivity contribution < 1.29 is 4.74 Å². The van der Waals surface area contributed by atoms with Gasteiger partial charge < -0.3 is 4.74 Å². The third-order valence-electron chi connectivity index (χ3n) is 4.61. The number of nitriles is 1. The van der Waals surface area contributed by atoms with E-state index in [4.69, 9.17) is 4.74 Å². The Morgan fingerprint density at radius 1 is 1.06 bits per heavy atom. The van der Waals surface area contributed by atoms with Gasteiger partial charge in [0.1, 0.15) is 5.54 Å². The molecule has 0 aromatic rings. The van der Waals surface area contributed by atoms with Crippen LogP contribution in [0.15, 0.2) is 0 Å². The highest BCUT2D eigenvalue weighted by molar-refractivity contribution is 5.17. The van der Waals surface area contributed by atoms with E-state index in [-0.39, 0.29) is 5.54 Å². The molecule has 3 nitrogen and oxygen atoms in total. The van der Waals surface area contributed by atoms with Crippen LogP contribution in [0.25, 0.3) is 0 Å². The van der Waals surface area contributed by atoms with E-state index >= 15 is 0 Å². The fraction of sp³-hybridized carbons (Fsp3) is 0.933. The minimum atomic E-state index is -0.376. The van der Waals surface area contributed by atoms with Gasteiger partial charge in [0, 0.05) is 6.04 Å². The van der Waals surface area contributed by atoms with E-state index in [9.17, 15) is 5.26 Å². The van der Waals surface area contributed by atoms with E-state index < -0.39 is 0 Å². The van der Waals surface area contributed by atoms with Crippen LogP contribution in [-0.2, 0) is 4.74 Å². The van der Waals surface area contributed by atoms with Crippen molar-refractivity contribution in [1.82, 2.24) is 5.32 Å². The smallest absolute Gasteiger partial charge is 0.133 e. The zero-order chi connectivity index (χ0) is 12.4. The molecule has 3 aliphatic rings. The number of ether oxygens (including phenoxy) is 1. The highest BCUT2D eigenvalue weighted by Gasteiger charge is 2.48. The molecular formula is C15H24N2O. The molecule has 0 spiro atoms. The molecule has 0 bridgehead atoms. The fourth-order valence-corrected chi connectivity index (χ4v) is 3.08. The van der Waals surface area contributed by atoms with Crippen LogP contribution >= 0.6 is 0 Å². The van der Waals surface area contributed by atoms with Crippen molar-refractivity contribution in [1.29, 1.82) is 5.26 Å². The van der Waals surface area contributed by atoms with Gasteiger partial charge in [-0.1, -0.05) is 19.3 Å². The third kappa shape index (κ3) is 2.87. The molecule has 0 aromatic carbocycles. The Labute approximate surface area is 110 Å². The SMILES string of the molecule is N#CC(COC1CCCCC1)(NC1CC1)C1CC1. The summed E-state index contributed by atoms with van der Waals surface area (Å²) < 4.78 is 6.08. The maximum atomic E-state index is 9.60. The average Bonchev–Trinajstić information content (AvgIpc) is 3.28. The summed E-state index contributed by atoms with van der Waals surface area (Å²) in [5.74, 6) is 0.534. The Bertz CT molecular complexity index is 324. The van der Waals surface area contributed by atoms with Crippen molar-refractivity contribution in [2.75, 3.05) is 6.61 Å². The van der Waals surface area contributed by atoms with E-state index in [0.717, 1.165) is 0 Å². The normalized spacial score (nSPS) is 28.6. The molecule has 1 N–H and O–H groups in total. The molecular weight excluding hydrogens is 224 g/mol. The van der Waals surface area contributed by atoms with Gasteiger partial charge in [0.15, 0.2) is 0 Å². The molecule has 1 unspecified atom stereocenters. The van der Waals surface area contributed by atoms with Gasteiger partial charge in [0.05, 0.1) is 18.8 Å². The van der Waals surface area contributed by atoms with Crippen molar-refractivity contribution in [3.63, 3.8) is 0 Å². The lowest BCUT2D eigenvalue weighted by Gasteiger charge is -2.31. The lowest BCUT2D eigenvalue weighted by Crippen LogP contribution is -2.51. The summed E-state index contributed by atoms with van der Waals surface area (Å²) in [7, 11) is 0. The molecule has 3 fully saturated rings. The topological polar surface area (TPSA) is 45.0 Å². The molecule has 0 saturated heterocycles. The van der Waals surface area contributed by atoms with Gasteiger partial charge in [-0.2, -0.15) is 5.26 Å². The second-order valence-corrected chi connectivity index (χ2v) is 6.35. The second kappa shape index (κ2) is 5.19. The minimum absolute atomic E-state index is 0.376. The van der Waals surface area contributed by atoms with E-state index in [1.54, 1.807) is 0 Å². The number of nitrogens with zero attached hydrogens (tertiary/aromatic N) is 1. The molecule has 18 heavy (non-hydrogen) atoms. The van der Waals surface area contributed by atoms with E-state index in [0.29, 0.717) is 24.7 Å². The maximum absolute atomic E-state index is 9.60. The molecule has 0 radical (unpaired) electrons. The van der Waals surface area contributed by atoms with Crippen molar-refractivity contribution in [2.24, 2.45) is 5.92 Å². The van der Waals surface area contributed by atoms with Crippen LogP contribution in [-0.4, -0.2) is 24.3 Å². The van der Waals surface area contributed by atoms with Gasteiger partial charge in [-0.25, -0.2) is 0 Å². The molecule has 3 heteroatoms. The molecule has 0 aromatic heterocycles. The van der Waals surface area contributed by atoms with Crippen molar-refractivity contribution in [3.8, 4) is 6.07 Å². The van der Waals surface area contributed by atoms with Gasteiger partial charge in [-0.05, 0) is 44.4 Å². The first-order valence-corrected chi connectivity index (χ1v) is 7.63. The van der Waals surface area contributed by atoms with E-state index in [1.165, 1.54) is 57.8 Å². The summed E-state index contributed by atoms with van der Waals surface area (Å²) in [5.41, 5.74) is -0.376. The molecule has 0 heterocycles. The van der Waals surface area contributed by atoms with Crippen LogP contribution in [0, 0.1) is 17.2 Å². The second-order valence-electron chi connectivity index (χ2n) is 6.35. The van der Waals surface area contributed by atoms with Gasteiger partial charge in [-0.15, -0.1) is 0 Å². The molecule has 0 amide bonds. The van der Waals surface area contributed by atoms with Crippen molar-refractivity contribution >= 4 is 0 Å². The Balaban J connectivity index is 1.56. The Morgan fingerprint density at radius 3 is 2.33 bits per heavy atom. The van der Waals surface area contributed by atoms with Gasteiger partial charge in [0.25, 0.3) is 0 Å². The van der Waals surface area contributed by atoms with Gasteiger partial charge in [-0.3, -0.25) is 5.32 Å². The van der Waals surface area contributed by atoms with Crippen LogP contribution in [0.3, 0.4) is 0 Å². The minimum Gasteiger partial charge on any atom is -0.375 e. The van der Waals surface area contributed by atoms with Crippen LogP contribution in [0.2, 0.25) is 0 Å². The predicted molar refractivity (Wildman–Crippen MR) is 70.1 cm³/mol.